The fraction of sp³-hybridized carbons (Fsp3) is 0.593. The number of aryl methyl sites for hydroxylation is 2. The Hall–Kier alpha value is -2.80. The molecule has 11 nitrogen and oxygen atoms in total. The van der Waals surface area contributed by atoms with E-state index in [1.807, 2.05) is 20.8 Å². The number of imidazole rings is 1. The molecule has 0 bridgehead atoms. The van der Waals surface area contributed by atoms with Crippen LogP contribution in [-0.4, -0.2) is 75.4 Å². The molecule has 0 radical (unpaired) electrons. The summed E-state index contributed by atoms with van der Waals surface area (Å²) in [6.07, 6.45) is 3.39. The lowest BCUT2D eigenvalue weighted by molar-refractivity contribution is 0.0408. The molecule has 39 heavy (non-hydrogen) atoms. The summed E-state index contributed by atoms with van der Waals surface area (Å²) in [5.41, 5.74) is 0.392. The minimum atomic E-state index is -3.83. The van der Waals surface area contributed by atoms with E-state index >= 15 is 0 Å². The van der Waals surface area contributed by atoms with Gasteiger partial charge in [-0.05, 0) is 63.6 Å². The molecule has 1 aromatic carbocycles. The van der Waals surface area contributed by atoms with E-state index in [-0.39, 0.29) is 35.4 Å². The third kappa shape index (κ3) is 5.88. The first kappa shape index (κ1) is 29.2. The Morgan fingerprint density at radius 1 is 1.18 bits per heavy atom. The highest BCUT2D eigenvalue weighted by Gasteiger charge is 2.34. The van der Waals surface area contributed by atoms with Gasteiger partial charge in [0, 0.05) is 24.9 Å². The summed E-state index contributed by atoms with van der Waals surface area (Å²) in [6, 6.07) is 4.63. The van der Waals surface area contributed by atoms with Crippen molar-refractivity contribution in [2.45, 2.75) is 64.7 Å². The highest BCUT2D eigenvalue weighted by molar-refractivity contribution is 7.89. The van der Waals surface area contributed by atoms with Gasteiger partial charge in [0.05, 0.1) is 36.0 Å². The molecule has 0 spiro atoms. The summed E-state index contributed by atoms with van der Waals surface area (Å²) in [6.45, 7) is 8.27. The molecule has 214 valence electrons. The molecule has 0 unspecified atom stereocenters. The van der Waals surface area contributed by atoms with Crippen molar-refractivity contribution in [2.75, 3.05) is 32.9 Å². The molecule has 4 rings (SSSR count). The van der Waals surface area contributed by atoms with E-state index in [1.165, 1.54) is 16.4 Å². The zero-order valence-electron chi connectivity index (χ0n) is 23.1. The van der Waals surface area contributed by atoms with E-state index in [4.69, 9.17) is 4.74 Å². The average Bonchev–Trinajstić information content (AvgIpc) is 3.24. The fourth-order valence-corrected chi connectivity index (χ4v) is 6.75. The summed E-state index contributed by atoms with van der Waals surface area (Å²) in [7, 11) is -3.83. The summed E-state index contributed by atoms with van der Waals surface area (Å²) in [5, 5.41) is 23.9. The number of aliphatic hydroxyl groups excluding tert-OH is 2. The maximum absolute atomic E-state index is 13.7. The Morgan fingerprint density at radius 3 is 2.49 bits per heavy atom. The molecule has 0 saturated carbocycles. The number of hydrogen-bond acceptors (Lipinski definition) is 8. The molecular formula is C27H39N5O6S. The summed E-state index contributed by atoms with van der Waals surface area (Å²) in [5.74, 6) is 1.50. The Kier molecular flexibility index (Phi) is 8.79. The first-order valence-electron chi connectivity index (χ1n) is 13.5. The minimum Gasteiger partial charge on any atom is -0.493 e. The Labute approximate surface area is 228 Å². The van der Waals surface area contributed by atoms with E-state index in [2.05, 4.69) is 15.1 Å². The quantitative estimate of drug-likeness (QED) is 0.323. The van der Waals surface area contributed by atoms with Crippen molar-refractivity contribution in [3.63, 3.8) is 0 Å². The molecule has 3 aromatic rings. The van der Waals surface area contributed by atoms with Crippen molar-refractivity contribution in [3.05, 3.63) is 40.1 Å². The van der Waals surface area contributed by atoms with Crippen LogP contribution in [0.3, 0.4) is 0 Å². The SMILES string of the molecule is CCCc1nc(C)c2c(=O)[nH]c(-c3cc(S(=O)(=O)N4CCC(CC(C)(CO)CO)CC4)ccc3OCC)nn12. The second-order valence-corrected chi connectivity index (χ2v) is 12.6. The Bertz CT molecular complexity index is 1470. The molecular weight excluding hydrogens is 522 g/mol. The molecule has 3 heterocycles. The van der Waals surface area contributed by atoms with E-state index in [0.29, 0.717) is 73.7 Å². The van der Waals surface area contributed by atoms with E-state index in [1.54, 1.807) is 17.5 Å². The third-order valence-corrected chi connectivity index (χ3v) is 9.37. The van der Waals surface area contributed by atoms with Gasteiger partial charge in [0.1, 0.15) is 11.6 Å². The molecule has 2 aromatic heterocycles. The molecule has 0 aliphatic carbocycles. The van der Waals surface area contributed by atoms with Crippen LogP contribution in [0.1, 0.15) is 58.0 Å². The van der Waals surface area contributed by atoms with Crippen LogP contribution < -0.4 is 10.3 Å². The highest BCUT2D eigenvalue weighted by atomic mass is 32.2. The van der Waals surface area contributed by atoms with Gasteiger partial charge in [-0.3, -0.25) is 4.79 Å². The smallest absolute Gasteiger partial charge is 0.277 e. The second kappa shape index (κ2) is 11.7. The number of ether oxygens (including phenoxy) is 1. The van der Waals surface area contributed by atoms with Crippen LogP contribution in [0.5, 0.6) is 5.75 Å². The number of piperidine rings is 1. The number of rotatable bonds is 11. The number of aliphatic hydroxyl groups is 2. The predicted molar refractivity (Wildman–Crippen MR) is 147 cm³/mol. The van der Waals surface area contributed by atoms with Gasteiger partial charge in [-0.2, -0.15) is 4.31 Å². The molecule has 1 saturated heterocycles. The summed E-state index contributed by atoms with van der Waals surface area (Å²) < 4.78 is 36.1. The van der Waals surface area contributed by atoms with Gasteiger partial charge < -0.3 is 19.9 Å². The number of fused-ring (bicyclic) bond motifs is 1. The van der Waals surface area contributed by atoms with Gasteiger partial charge in [-0.25, -0.2) is 17.9 Å². The van der Waals surface area contributed by atoms with Gasteiger partial charge in [0.15, 0.2) is 11.3 Å². The van der Waals surface area contributed by atoms with Crippen molar-refractivity contribution in [1.82, 2.24) is 23.9 Å². The molecule has 12 heteroatoms. The number of benzene rings is 1. The summed E-state index contributed by atoms with van der Waals surface area (Å²) >= 11 is 0. The zero-order valence-corrected chi connectivity index (χ0v) is 23.9. The lowest BCUT2D eigenvalue weighted by Gasteiger charge is -2.35. The van der Waals surface area contributed by atoms with Gasteiger partial charge in [0.2, 0.25) is 10.0 Å². The predicted octanol–water partition coefficient (Wildman–Crippen LogP) is 2.53. The monoisotopic (exact) mass is 561 g/mol. The minimum absolute atomic E-state index is 0.0910. The number of nitrogens with one attached hydrogen (secondary N) is 1. The summed E-state index contributed by atoms with van der Waals surface area (Å²) in [4.78, 5) is 20.4. The fourth-order valence-electron chi connectivity index (χ4n) is 5.26. The van der Waals surface area contributed by atoms with E-state index in [9.17, 15) is 23.4 Å². The van der Waals surface area contributed by atoms with E-state index in [0.717, 1.165) is 6.42 Å². The van der Waals surface area contributed by atoms with Crippen LogP contribution in [0.15, 0.2) is 27.9 Å². The van der Waals surface area contributed by atoms with Crippen molar-refractivity contribution < 1.29 is 23.4 Å². The molecule has 0 atom stereocenters. The van der Waals surface area contributed by atoms with Gasteiger partial charge in [0.25, 0.3) is 5.56 Å². The number of sulfonamides is 1. The number of nitrogens with zero attached hydrogens (tertiary/aromatic N) is 4. The van der Waals surface area contributed by atoms with Crippen LogP contribution in [-0.2, 0) is 16.4 Å². The van der Waals surface area contributed by atoms with Crippen molar-refractivity contribution in [3.8, 4) is 17.1 Å². The average molecular weight is 562 g/mol. The lowest BCUT2D eigenvalue weighted by Crippen LogP contribution is -2.40. The molecule has 1 aliphatic heterocycles. The first-order valence-corrected chi connectivity index (χ1v) is 15.0. The molecule has 1 fully saturated rings. The number of aromatic nitrogens is 4. The third-order valence-electron chi connectivity index (χ3n) is 7.48. The van der Waals surface area contributed by atoms with Gasteiger partial charge >= 0.3 is 0 Å². The number of aromatic amines is 1. The van der Waals surface area contributed by atoms with Crippen LogP contribution in [0.4, 0.5) is 0 Å². The van der Waals surface area contributed by atoms with Crippen LogP contribution in [0.25, 0.3) is 16.9 Å². The molecule has 0 amide bonds. The lowest BCUT2D eigenvalue weighted by atomic mass is 9.79. The van der Waals surface area contributed by atoms with Gasteiger partial charge in [-0.15, -0.1) is 5.10 Å². The standard InChI is InChI=1S/C27H39N5O6S/c1-5-7-23-28-18(3)24-26(35)29-25(30-32(23)24)21-14-20(8-9-22(21)38-6-2)39(36,37)31-12-10-19(11-13-31)15-27(4,16-33)17-34/h8-9,14,19,33-34H,5-7,10-13,15-17H2,1-4H3,(H,29,30,35). The van der Waals surface area contributed by atoms with Crippen molar-refractivity contribution >= 4 is 15.5 Å². The Morgan fingerprint density at radius 2 is 1.87 bits per heavy atom. The van der Waals surface area contributed by atoms with E-state index < -0.39 is 15.4 Å². The van der Waals surface area contributed by atoms with Crippen molar-refractivity contribution in [1.29, 1.82) is 0 Å². The Balaban J connectivity index is 1.68. The van der Waals surface area contributed by atoms with Crippen molar-refractivity contribution in [2.24, 2.45) is 11.3 Å². The van der Waals surface area contributed by atoms with Gasteiger partial charge in [-0.1, -0.05) is 13.8 Å². The maximum Gasteiger partial charge on any atom is 0.277 e. The molecule has 3 N–H and O–H groups in total. The first-order chi connectivity index (χ1) is 18.6. The zero-order chi connectivity index (χ0) is 28.4. The number of hydrogen-bond donors (Lipinski definition) is 3. The largest absolute Gasteiger partial charge is 0.493 e. The highest BCUT2D eigenvalue weighted by Crippen LogP contribution is 2.35. The van der Waals surface area contributed by atoms with Crippen LogP contribution in [0.2, 0.25) is 0 Å². The molecule has 1 aliphatic rings. The number of H-pyrrole nitrogens is 1. The van der Waals surface area contributed by atoms with Crippen LogP contribution >= 0.6 is 0 Å². The normalized spacial score (nSPS) is 15.7. The topological polar surface area (TPSA) is 150 Å². The maximum atomic E-state index is 13.7. The second-order valence-electron chi connectivity index (χ2n) is 10.7. The van der Waals surface area contributed by atoms with Crippen LogP contribution in [0, 0.1) is 18.3 Å².